The Morgan fingerprint density at radius 1 is 1.54 bits per heavy atom. The molecule has 0 bridgehead atoms. The Labute approximate surface area is 76.0 Å². The van der Waals surface area contributed by atoms with E-state index in [1.165, 1.54) is 0 Å². The van der Waals surface area contributed by atoms with Crippen LogP contribution >= 0.6 is 0 Å². The van der Waals surface area contributed by atoms with Gasteiger partial charge >= 0.3 is 10.4 Å². The predicted molar refractivity (Wildman–Crippen MR) is 40.5 cm³/mol. The summed E-state index contributed by atoms with van der Waals surface area (Å²) in [5.74, 6) is 0. The van der Waals surface area contributed by atoms with E-state index in [1.54, 1.807) is 0 Å². The van der Waals surface area contributed by atoms with Crippen molar-refractivity contribution in [1.29, 1.82) is 0 Å². The highest BCUT2D eigenvalue weighted by Crippen LogP contribution is 2.13. The van der Waals surface area contributed by atoms with Crippen molar-refractivity contribution in [2.75, 3.05) is 19.5 Å². The summed E-state index contributed by atoms with van der Waals surface area (Å²) in [5.41, 5.74) is 0. The molecule has 0 N–H and O–H groups in total. The maximum atomic E-state index is 10.5. The summed E-state index contributed by atoms with van der Waals surface area (Å²) in [5, 5.41) is 0. The van der Waals surface area contributed by atoms with Gasteiger partial charge in [0.15, 0.2) is 0 Å². The second-order valence-corrected chi connectivity index (χ2v) is 5.29. The van der Waals surface area contributed by atoms with Gasteiger partial charge in [0.05, 0.1) is 19.5 Å². The molecule has 1 rings (SSSR count). The normalized spacial score (nSPS) is 27.6. The van der Waals surface area contributed by atoms with E-state index in [9.17, 15) is 16.8 Å². The quantitative estimate of drug-likeness (QED) is 0.553. The maximum Gasteiger partial charge on any atom is 0.400 e. The SMILES string of the molecule is CS(=O)(=O)OC[C@@H]1COS(=O)(=O)O1. The Morgan fingerprint density at radius 3 is 2.54 bits per heavy atom. The van der Waals surface area contributed by atoms with Crippen LogP contribution in [-0.4, -0.2) is 42.4 Å². The van der Waals surface area contributed by atoms with E-state index in [0.717, 1.165) is 6.26 Å². The fourth-order valence-electron chi connectivity index (χ4n) is 0.657. The van der Waals surface area contributed by atoms with E-state index >= 15 is 0 Å². The Hall–Kier alpha value is -0.220. The molecule has 0 saturated carbocycles. The molecule has 1 atom stereocenters. The first-order chi connectivity index (χ1) is 5.79. The summed E-state index contributed by atoms with van der Waals surface area (Å²) in [6, 6.07) is 0. The van der Waals surface area contributed by atoms with Crippen LogP contribution in [-0.2, 0) is 33.1 Å². The molecule has 0 aromatic heterocycles. The highest BCUT2D eigenvalue weighted by atomic mass is 32.3. The Kier molecular flexibility index (Phi) is 2.92. The molecule has 13 heavy (non-hydrogen) atoms. The van der Waals surface area contributed by atoms with Crippen molar-refractivity contribution in [3.8, 4) is 0 Å². The first-order valence-electron chi connectivity index (χ1n) is 3.20. The molecule has 0 aromatic carbocycles. The smallest absolute Gasteiger partial charge is 0.267 e. The number of hydrogen-bond acceptors (Lipinski definition) is 7. The molecule has 0 amide bonds. The molecule has 1 saturated heterocycles. The Balaban J connectivity index is 2.42. The zero-order valence-corrected chi connectivity index (χ0v) is 8.30. The summed E-state index contributed by atoms with van der Waals surface area (Å²) < 4.78 is 54.8. The van der Waals surface area contributed by atoms with Crippen molar-refractivity contribution in [1.82, 2.24) is 0 Å². The minimum atomic E-state index is -3.94. The van der Waals surface area contributed by atoms with E-state index in [1.807, 2.05) is 0 Å². The Bertz CT molecular complexity index is 365. The third-order valence-electron chi connectivity index (χ3n) is 1.12. The standard InChI is InChI=1S/C4H8O7S2/c1-12(5,6)9-2-4-3-10-13(7,8)11-4/h4H,2-3H2,1H3/t4-/m1/s1. The monoisotopic (exact) mass is 232 g/mol. The highest BCUT2D eigenvalue weighted by Gasteiger charge is 2.30. The molecule has 0 radical (unpaired) electrons. The molecular weight excluding hydrogens is 224 g/mol. The van der Waals surface area contributed by atoms with Crippen molar-refractivity contribution in [3.05, 3.63) is 0 Å². The zero-order valence-electron chi connectivity index (χ0n) is 6.67. The van der Waals surface area contributed by atoms with Gasteiger partial charge in [0.1, 0.15) is 6.10 Å². The van der Waals surface area contributed by atoms with Crippen molar-refractivity contribution in [3.63, 3.8) is 0 Å². The van der Waals surface area contributed by atoms with Gasteiger partial charge in [0.2, 0.25) is 0 Å². The summed E-state index contributed by atoms with van der Waals surface area (Å²) in [4.78, 5) is 0. The van der Waals surface area contributed by atoms with Crippen molar-refractivity contribution < 1.29 is 29.4 Å². The number of rotatable bonds is 3. The molecule has 0 aromatic rings. The van der Waals surface area contributed by atoms with Gasteiger partial charge in [-0.3, -0.25) is 4.18 Å². The largest absolute Gasteiger partial charge is 0.400 e. The maximum absolute atomic E-state index is 10.5. The van der Waals surface area contributed by atoms with E-state index in [0.29, 0.717) is 0 Å². The van der Waals surface area contributed by atoms with E-state index in [2.05, 4.69) is 12.5 Å². The molecular formula is C4H8O7S2. The van der Waals surface area contributed by atoms with Gasteiger partial charge in [-0.25, -0.2) is 8.37 Å². The van der Waals surface area contributed by atoms with Crippen LogP contribution in [0, 0.1) is 0 Å². The van der Waals surface area contributed by atoms with Crippen LogP contribution < -0.4 is 0 Å². The molecule has 78 valence electrons. The first kappa shape index (κ1) is 10.9. The van der Waals surface area contributed by atoms with Gasteiger partial charge in [-0.1, -0.05) is 0 Å². The van der Waals surface area contributed by atoms with E-state index in [-0.39, 0.29) is 13.2 Å². The highest BCUT2D eigenvalue weighted by molar-refractivity contribution is 7.86. The summed E-state index contributed by atoms with van der Waals surface area (Å²) >= 11 is 0. The van der Waals surface area contributed by atoms with E-state index < -0.39 is 26.6 Å². The average molecular weight is 232 g/mol. The lowest BCUT2D eigenvalue weighted by molar-refractivity contribution is 0.154. The fraction of sp³-hybridized carbons (Fsp3) is 1.00. The topological polar surface area (TPSA) is 96.0 Å². The summed E-state index contributed by atoms with van der Waals surface area (Å²) in [6.07, 6.45) is -0.0307. The van der Waals surface area contributed by atoms with Crippen molar-refractivity contribution in [2.24, 2.45) is 0 Å². The molecule has 7 nitrogen and oxygen atoms in total. The molecule has 1 heterocycles. The molecule has 0 aliphatic carbocycles. The van der Waals surface area contributed by atoms with Crippen LogP contribution in [0.1, 0.15) is 0 Å². The lowest BCUT2D eigenvalue weighted by atomic mass is 10.4. The third-order valence-corrected chi connectivity index (χ3v) is 2.62. The summed E-state index contributed by atoms with van der Waals surface area (Å²) in [6.45, 7) is -0.587. The molecule has 1 aliphatic heterocycles. The average Bonchev–Trinajstić information content (AvgIpc) is 2.24. The van der Waals surface area contributed by atoms with Crippen LogP contribution in [0.2, 0.25) is 0 Å². The minimum Gasteiger partial charge on any atom is -0.267 e. The lowest BCUT2D eigenvalue weighted by Gasteiger charge is -2.03. The second-order valence-electron chi connectivity index (χ2n) is 2.40. The van der Waals surface area contributed by atoms with Crippen molar-refractivity contribution in [2.45, 2.75) is 6.10 Å². The van der Waals surface area contributed by atoms with Crippen molar-refractivity contribution >= 4 is 20.5 Å². The van der Waals surface area contributed by atoms with Gasteiger partial charge < -0.3 is 0 Å². The second kappa shape index (κ2) is 3.50. The van der Waals surface area contributed by atoms with Gasteiger partial charge in [-0.05, 0) is 0 Å². The molecule has 1 fully saturated rings. The van der Waals surface area contributed by atoms with Crippen LogP contribution in [0.5, 0.6) is 0 Å². The number of hydrogen-bond donors (Lipinski definition) is 0. The Morgan fingerprint density at radius 2 is 2.15 bits per heavy atom. The zero-order chi connectivity index (χ0) is 10.1. The molecule has 0 spiro atoms. The predicted octanol–water partition coefficient (Wildman–Crippen LogP) is -1.38. The van der Waals surface area contributed by atoms with Gasteiger partial charge in [-0.2, -0.15) is 16.8 Å². The van der Waals surface area contributed by atoms with Crippen LogP contribution in [0.3, 0.4) is 0 Å². The lowest BCUT2D eigenvalue weighted by Crippen LogP contribution is -2.20. The van der Waals surface area contributed by atoms with E-state index in [4.69, 9.17) is 0 Å². The molecule has 0 unspecified atom stereocenters. The first-order valence-corrected chi connectivity index (χ1v) is 6.35. The van der Waals surface area contributed by atoms with Gasteiger partial charge in [0.25, 0.3) is 10.1 Å². The molecule has 1 aliphatic rings. The fourth-order valence-corrected chi connectivity index (χ4v) is 1.87. The molecule has 9 heteroatoms. The van der Waals surface area contributed by atoms with Gasteiger partial charge in [0, 0.05) is 0 Å². The summed E-state index contributed by atoms with van der Waals surface area (Å²) in [7, 11) is -7.52. The van der Waals surface area contributed by atoms with Crippen LogP contribution in [0.4, 0.5) is 0 Å². The van der Waals surface area contributed by atoms with Gasteiger partial charge in [-0.15, -0.1) is 0 Å². The minimum absolute atomic E-state index is 0.224. The van der Waals surface area contributed by atoms with Crippen LogP contribution in [0.25, 0.3) is 0 Å². The third kappa shape index (κ3) is 4.00. The van der Waals surface area contributed by atoms with Crippen LogP contribution in [0.15, 0.2) is 0 Å².